The van der Waals surface area contributed by atoms with Crippen molar-refractivity contribution in [1.82, 2.24) is 9.80 Å². The Bertz CT molecular complexity index is 1230. The Balaban J connectivity index is 1.32. The summed E-state index contributed by atoms with van der Waals surface area (Å²) in [6.07, 6.45) is 2.09. The van der Waals surface area contributed by atoms with Gasteiger partial charge in [0.15, 0.2) is 6.61 Å². The molecule has 1 heterocycles. The molecule has 5 rings (SSSR count). The third-order valence-corrected chi connectivity index (χ3v) is 7.52. The maximum atomic E-state index is 13.6. The fourth-order valence-electron chi connectivity index (χ4n) is 5.22. The largest absolute Gasteiger partial charge is 0.482 e. The predicted molar refractivity (Wildman–Crippen MR) is 131 cm³/mol. The minimum absolute atomic E-state index is 0.00556. The van der Waals surface area contributed by atoms with Crippen molar-refractivity contribution in [1.29, 1.82) is 0 Å². The summed E-state index contributed by atoms with van der Waals surface area (Å²) in [5, 5.41) is 0. The number of benzene rings is 2. The number of ether oxygens (including phenoxy) is 3. The normalized spacial score (nSPS) is 21.0. The van der Waals surface area contributed by atoms with Gasteiger partial charge < -0.3 is 19.1 Å². The van der Waals surface area contributed by atoms with Crippen molar-refractivity contribution in [3.8, 4) is 5.75 Å². The molecule has 0 aromatic heterocycles. The van der Waals surface area contributed by atoms with Crippen LogP contribution in [0.1, 0.15) is 42.9 Å². The van der Waals surface area contributed by atoms with Crippen LogP contribution in [0.5, 0.6) is 5.75 Å². The van der Waals surface area contributed by atoms with Gasteiger partial charge in [0.1, 0.15) is 12.3 Å². The molecule has 2 aliphatic carbocycles. The van der Waals surface area contributed by atoms with Crippen LogP contribution in [-0.2, 0) is 42.4 Å². The molecule has 0 radical (unpaired) electrons. The predicted octanol–water partition coefficient (Wildman–Crippen LogP) is 3.19. The van der Waals surface area contributed by atoms with E-state index in [1.807, 2.05) is 37.3 Å². The van der Waals surface area contributed by atoms with Crippen molar-refractivity contribution in [3.05, 3.63) is 65.2 Å². The monoisotopic (exact) mass is 506 g/mol. The van der Waals surface area contributed by atoms with Gasteiger partial charge in [0.05, 0.1) is 7.11 Å². The van der Waals surface area contributed by atoms with Crippen molar-refractivity contribution in [2.24, 2.45) is 5.92 Å². The van der Waals surface area contributed by atoms with Crippen LogP contribution in [-0.4, -0.2) is 60.0 Å². The van der Waals surface area contributed by atoms with E-state index in [4.69, 9.17) is 9.47 Å². The lowest BCUT2D eigenvalue weighted by Crippen LogP contribution is -2.47. The van der Waals surface area contributed by atoms with Crippen LogP contribution in [0.4, 0.5) is 4.79 Å². The zero-order chi connectivity index (χ0) is 26.2. The van der Waals surface area contributed by atoms with E-state index in [0.29, 0.717) is 30.2 Å². The molecule has 0 bridgehead atoms. The average molecular weight is 507 g/mol. The molecule has 9 nitrogen and oxygen atoms in total. The standard InChI is InChI=1S/C28H30N2O7/c1-18(20-8-9-20)29(15-19-6-4-3-5-7-19)24(31)16-30-26(33)28(37-27(30)34)13-12-21-14-22(10-11-23(21)28)36-17-25(32)35-2/h3-7,10-11,14,18,20H,8-9,12-13,15-17H2,1-2H3/t18-,28?/m0/s1. The second-order valence-corrected chi connectivity index (χ2v) is 9.86. The molecule has 3 amide bonds. The number of hydrogen-bond donors (Lipinski definition) is 0. The van der Waals surface area contributed by atoms with Crippen molar-refractivity contribution in [2.45, 2.75) is 50.8 Å². The summed E-state index contributed by atoms with van der Waals surface area (Å²) in [5.74, 6) is -0.426. The zero-order valence-corrected chi connectivity index (χ0v) is 21.0. The van der Waals surface area contributed by atoms with E-state index >= 15 is 0 Å². The Morgan fingerprint density at radius 1 is 1.16 bits per heavy atom. The fraction of sp³-hybridized carbons (Fsp3) is 0.429. The number of aryl methyl sites for hydroxylation is 1. The zero-order valence-electron chi connectivity index (χ0n) is 21.0. The van der Waals surface area contributed by atoms with Gasteiger partial charge in [-0.05, 0) is 55.4 Å². The number of hydrogen-bond acceptors (Lipinski definition) is 7. The highest BCUT2D eigenvalue weighted by atomic mass is 16.6. The Labute approximate surface area is 215 Å². The van der Waals surface area contributed by atoms with E-state index in [-0.39, 0.29) is 31.5 Å². The maximum absolute atomic E-state index is 13.6. The molecular weight excluding hydrogens is 476 g/mol. The van der Waals surface area contributed by atoms with Crippen LogP contribution in [0.2, 0.25) is 0 Å². The molecule has 2 atom stereocenters. The molecule has 2 aromatic carbocycles. The van der Waals surface area contributed by atoms with Crippen LogP contribution in [0.15, 0.2) is 48.5 Å². The summed E-state index contributed by atoms with van der Waals surface area (Å²) in [6.45, 7) is 1.84. The third kappa shape index (κ3) is 4.77. The van der Waals surface area contributed by atoms with Gasteiger partial charge in [0.2, 0.25) is 11.5 Å². The van der Waals surface area contributed by atoms with Crippen LogP contribution in [0.3, 0.4) is 0 Å². The SMILES string of the molecule is COC(=O)COc1ccc2c(c1)CCC21OC(=O)N(CC(=O)N(Cc2ccccc2)[C@@H](C)C2CC2)C1=O. The maximum Gasteiger partial charge on any atom is 0.418 e. The van der Waals surface area contributed by atoms with Crippen LogP contribution >= 0.6 is 0 Å². The highest BCUT2D eigenvalue weighted by Crippen LogP contribution is 2.46. The lowest BCUT2D eigenvalue weighted by atomic mass is 9.95. The molecule has 2 aromatic rings. The second kappa shape index (κ2) is 9.88. The highest BCUT2D eigenvalue weighted by molar-refractivity contribution is 6.06. The smallest absolute Gasteiger partial charge is 0.418 e. The Hall–Kier alpha value is -3.88. The fourth-order valence-corrected chi connectivity index (χ4v) is 5.22. The van der Waals surface area contributed by atoms with E-state index in [9.17, 15) is 19.2 Å². The summed E-state index contributed by atoms with van der Waals surface area (Å²) in [4.78, 5) is 54.1. The van der Waals surface area contributed by atoms with Gasteiger partial charge in [0.25, 0.3) is 5.91 Å². The topological polar surface area (TPSA) is 102 Å². The first-order valence-electron chi connectivity index (χ1n) is 12.5. The Morgan fingerprint density at radius 2 is 1.92 bits per heavy atom. The lowest BCUT2D eigenvalue weighted by Gasteiger charge is -2.30. The van der Waals surface area contributed by atoms with Gasteiger partial charge in [-0.25, -0.2) is 14.5 Å². The molecular formula is C28H30N2O7. The molecule has 194 valence electrons. The van der Waals surface area contributed by atoms with Gasteiger partial charge in [0, 0.05) is 24.6 Å². The first kappa shape index (κ1) is 24.8. The molecule has 1 saturated heterocycles. The number of rotatable bonds is 9. The van der Waals surface area contributed by atoms with Crippen LogP contribution < -0.4 is 4.74 Å². The molecule has 0 N–H and O–H groups in total. The first-order valence-corrected chi connectivity index (χ1v) is 12.5. The highest BCUT2D eigenvalue weighted by Gasteiger charge is 2.58. The summed E-state index contributed by atoms with van der Waals surface area (Å²) in [5.41, 5.74) is 0.925. The number of carbonyl (C=O) groups is 4. The third-order valence-electron chi connectivity index (χ3n) is 7.52. The van der Waals surface area contributed by atoms with Gasteiger partial charge in [-0.2, -0.15) is 0 Å². The van der Waals surface area contributed by atoms with Crippen molar-refractivity contribution < 1.29 is 33.4 Å². The van der Waals surface area contributed by atoms with Crippen LogP contribution in [0.25, 0.3) is 0 Å². The summed E-state index contributed by atoms with van der Waals surface area (Å²) >= 11 is 0. The molecule has 1 aliphatic heterocycles. The number of amides is 3. The van der Waals surface area contributed by atoms with Gasteiger partial charge in [-0.3, -0.25) is 9.59 Å². The number of nitrogens with zero attached hydrogens (tertiary/aromatic N) is 2. The van der Waals surface area contributed by atoms with E-state index < -0.39 is 23.6 Å². The second-order valence-electron chi connectivity index (χ2n) is 9.86. The first-order chi connectivity index (χ1) is 17.8. The minimum atomic E-state index is -1.44. The summed E-state index contributed by atoms with van der Waals surface area (Å²) in [6, 6.07) is 14.7. The van der Waals surface area contributed by atoms with Crippen molar-refractivity contribution >= 4 is 23.9 Å². The molecule has 2 fully saturated rings. The quantitative estimate of drug-likeness (QED) is 0.481. The number of methoxy groups -OCH3 is 1. The lowest BCUT2D eigenvalue weighted by molar-refractivity contribution is -0.143. The van der Waals surface area contributed by atoms with E-state index in [2.05, 4.69) is 4.74 Å². The molecule has 37 heavy (non-hydrogen) atoms. The van der Waals surface area contributed by atoms with Crippen LogP contribution in [0, 0.1) is 5.92 Å². The molecule has 1 spiro atoms. The molecule has 1 saturated carbocycles. The Kier molecular flexibility index (Phi) is 6.62. The molecule has 1 unspecified atom stereocenters. The molecule has 3 aliphatic rings. The average Bonchev–Trinajstić information content (AvgIpc) is 3.66. The van der Waals surface area contributed by atoms with Crippen molar-refractivity contribution in [2.75, 3.05) is 20.3 Å². The number of fused-ring (bicyclic) bond motifs is 2. The number of carbonyl (C=O) groups excluding carboxylic acids is 4. The summed E-state index contributed by atoms with van der Waals surface area (Å²) < 4.78 is 15.7. The summed E-state index contributed by atoms with van der Waals surface area (Å²) in [7, 11) is 1.28. The number of esters is 1. The molecule has 9 heteroatoms. The van der Waals surface area contributed by atoms with E-state index in [0.717, 1.165) is 28.9 Å². The van der Waals surface area contributed by atoms with E-state index in [1.165, 1.54) is 7.11 Å². The van der Waals surface area contributed by atoms with Gasteiger partial charge >= 0.3 is 12.1 Å². The minimum Gasteiger partial charge on any atom is -0.482 e. The van der Waals surface area contributed by atoms with E-state index in [1.54, 1.807) is 23.1 Å². The number of imide groups is 1. The van der Waals surface area contributed by atoms with Gasteiger partial charge in [-0.15, -0.1) is 0 Å². The van der Waals surface area contributed by atoms with Gasteiger partial charge in [-0.1, -0.05) is 36.4 Å². The van der Waals surface area contributed by atoms with Crippen molar-refractivity contribution in [3.63, 3.8) is 0 Å². The Morgan fingerprint density at radius 3 is 2.62 bits per heavy atom.